The molecule has 168 valence electrons. The van der Waals surface area contributed by atoms with E-state index in [0.29, 0.717) is 32.1 Å². The second-order valence-electron chi connectivity index (χ2n) is 6.97. The first-order valence-corrected chi connectivity index (χ1v) is 10.3. The van der Waals surface area contributed by atoms with E-state index >= 15 is 0 Å². The van der Waals surface area contributed by atoms with Crippen LogP contribution in [0.5, 0.6) is 0 Å². The molecule has 0 atom stereocenters. The van der Waals surface area contributed by atoms with Crippen LogP contribution in [0, 0.1) is 11.6 Å². The van der Waals surface area contributed by atoms with Crippen LogP contribution >= 0.6 is 11.8 Å². The summed E-state index contributed by atoms with van der Waals surface area (Å²) in [5.41, 5.74) is 18.3. The van der Waals surface area contributed by atoms with Crippen LogP contribution in [0.2, 0.25) is 0 Å². The zero-order valence-electron chi connectivity index (χ0n) is 16.9. The van der Waals surface area contributed by atoms with Gasteiger partial charge in [-0.1, -0.05) is 11.8 Å². The molecule has 0 saturated carbocycles. The third-order valence-corrected chi connectivity index (χ3v) is 5.71. The van der Waals surface area contributed by atoms with Gasteiger partial charge in [0.15, 0.2) is 23.1 Å². The average molecular weight is 469 g/mol. The second-order valence-corrected chi connectivity index (χ2v) is 8.03. The first-order chi connectivity index (χ1) is 15.7. The molecule has 0 bridgehead atoms. The number of anilines is 2. The molecule has 2 heterocycles. The number of fused-ring (bicyclic) bond motifs is 1. The number of amides is 2. The van der Waals surface area contributed by atoms with Crippen LogP contribution in [0.1, 0.15) is 26.4 Å². The van der Waals surface area contributed by atoms with Crippen molar-refractivity contribution in [2.75, 3.05) is 11.5 Å². The first kappa shape index (κ1) is 22.0. The summed E-state index contributed by atoms with van der Waals surface area (Å²) in [5, 5.41) is 3.37. The van der Waals surface area contributed by atoms with Gasteiger partial charge >= 0.3 is 0 Å². The third kappa shape index (κ3) is 4.55. The lowest BCUT2D eigenvalue weighted by atomic mass is 10.1. The molecule has 0 aliphatic carbocycles. The smallest absolute Gasteiger partial charge is 0.274 e. The number of nitrogen functional groups attached to an aromatic ring is 2. The standard InChI is InChI=1S/C21H17F2N7O2S/c22-13-4-11-9(6-27-15(11)5-14(13)23)7-29-21(32)18-19(25)28-8-17(30-18)33-16-2-1-10(24)3-12(16)20(26)31/h1-6,8,27H,7,24H2,(H2,25,28)(H2,26,31)(H,29,32). The summed E-state index contributed by atoms with van der Waals surface area (Å²) in [7, 11) is 0. The molecular formula is C21H17F2N7O2S. The number of halogens is 2. The van der Waals surface area contributed by atoms with Crippen molar-refractivity contribution in [3.05, 3.63) is 71.2 Å². The molecule has 9 nitrogen and oxygen atoms in total. The quantitative estimate of drug-likeness (QED) is 0.271. The number of nitrogens with zero attached hydrogens (tertiary/aromatic N) is 2. The van der Waals surface area contributed by atoms with E-state index in [4.69, 9.17) is 17.2 Å². The van der Waals surface area contributed by atoms with Gasteiger partial charge in [0.1, 0.15) is 5.03 Å². The van der Waals surface area contributed by atoms with Gasteiger partial charge in [-0.2, -0.15) is 0 Å². The number of carbonyl (C=O) groups is 2. The van der Waals surface area contributed by atoms with Crippen molar-refractivity contribution in [1.82, 2.24) is 20.3 Å². The fourth-order valence-electron chi connectivity index (χ4n) is 3.12. The molecule has 4 aromatic rings. The molecule has 0 unspecified atom stereocenters. The van der Waals surface area contributed by atoms with E-state index in [1.807, 2.05) is 0 Å². The summed E-state index contributed by atoms with van der Waals surface area (Å²) in [4.78, 5) is 36.0. The van der Waals surface area contributed by atoms with E-state index in [0.717, 1.165) is 23.9 Å². The van der Waals surface area contributed by atoms with Gasteiger partial charge in [-0.15, -0.1) is 0 Å². The Kier molecular flexibility index (Phi) is 5.84. The van der Waals surface area contributed by atoms with Gasteiger partial charge in [0.2, 0.25) is 5.91 Å². The number of H-pyrrole nitrogens is 1. The summed E-state index contributed by atoms with van der Waals surface area (Å²) in [6.07, 6.45) is 2.90. The number of primary amides is 1. The number of carbonyl (C=O) groups excluding carboxylic acids is 2. The van der Waals surface area contributed by atoms with Crippen LogP contribution in [0.15, 0.2) is 52.6 Å². The highest BCUT2D eigenvalue weighted by atomic mass is 32.2. The molecule has 2 aromatic carbocycles. The summed E-state index contributed by atoms with van der Waals surface area (Å²) in [5.74, 6) is -3.35. The molecular weight excluding hydrogens is 452 g/mol. The Morgan fingerprint density at radius 3 is 2.64 bits per heavy atom. The Morgan fingerprint density at radius 1 is 1.12 bits per heavy atom. The maximum atomic E-state index is 13.6. The predicted molar refractivity (Wildman–Crippen MR) is 119 cm³/mol. The largest absolute Gasteiger partial charge is 0.399 e. The minimum Gasteiger partial charge on any atom is -0.399 e. The maximum Gasteiger partial charge on any atom is 0.274 e. The monoisotopic (exact) mass is 469 g/mol. The molecule has 12 heteroatoms. The van der Waals surface area contributed by atoms with Crippen molar-refractivity contribution < 1.29 is 18.4 Å². The normalized spacial score (nSPS) is 11.0. The summed E-state index contributed by atoms with van der Waals surface area (Å²) < 4.78 is 27.0. The van der Waals surface area contributed by atoms with Crippen molar-refractivity contribution in [3.8, 4) is 0 Å². The molecule has 4 rings (SSSR count). The predicted octanol–water partition coefficient (Wildman–Crippen LogP) is 2.58. The van der Waals surface area contributed by atoms with Crippen molar-refractivity contribution in [1.29, 1.82) is 0 Å². The number of hydrogen-bond acceptors (Lipinski definition) is 7. The Morgan fingerprint density at radius 2 is 1.88 bits per heavy atom. The van der Waals surface area contributed by atoms with Crippen LogP contribution < -0.4 is 22.5 Å². The number of aromatic amines is 1. The van der Waals surface area contributed by atoms with Gasteiger partial charge in [-0.3, -0.25) is 9.59 Å². The number of hydrogen-bond donors (Lipinski definition) is 5. The molecule has 2 aromatic heterocycles. The van der Waals surface area contributed by atoms with Crippen molar-refractivity contribution in [3.63, 3.8) is 0 Å². The second kappa shape index (κ2) is 8.74. The molecule has 8 N–H and O–H groups in total. The molecule has 0 fully saturated rings. The molecule has 0 aliphatic heterocycles. The average Bonchev–Trinajstić information content (AvgIpc) is 3.16. The van der Waals surface area contributed by atoms with E-state index < -0.39 is 23.4 Å². The van der Waals surface area contributed by atoms with E-state index in [1.165, 1.54) is 18.5 Å². The van der Waals surface area contributed by atoms with Gasteiger partial charge in [-0.25, -0.2) is 18.7 Å². The highest BCUT2D eigenvalue weighted by molar-refractivity contribution is 7.99. The van der Waals surface area contributed by atoms with Crippen molar-refractivity contribution in [2.45, 2.75) is 16.5 Å². The van der Waals surface area contributed by atoms with E-state index in [9.17, 15) is 18.4 Å². The summed E-state index contributed by atoms with van der Waals surface area (Å²) in [6.45, 7) is 0.00613. The minimum atomic E-state index is -0.993. The number of aromatic nitrogens is 3. The van der Waals surface area contributed by atoms with Crippen molar-refractivity contribution in [2.24, 2.45) is 5.73 Å². The number of rotatable bonds is 6. The third-order valence-electron chi connectivity index (χ3n) is 4.73. The zero-order chi connectivity index (χ0) is 23.7. The molecule has 33 heavy (non-hydrogen) atoms. The van der Waals surface area contributed by atoms with Crippen molar-refractivity contribution >= 4 is 46.0 Å². The maximum absolute atomic E-state index is 13.6. The zero-order valence-corrected chi connectivity index (χ0v) is 17.7. The van der Waals surface area contributed by atoms with E-state index in [-0.39, 0.29) is 23.6 Å². The number of nitrogens with one attached hydrogen (secondary N) is 2. The van der Waals surface area contributed by atoms with Gasteiger partial charge in [0, 0.05) is 40.3 Å². The lowest BCUT2D eigenvalue weighted by Gasteiger charge is -2.10. The highest BCUT2D eigenvalue weighted by Crippen LogP contribution is 2.30. The van der Waals surface area contributed by atoms with Crippen LogP contribution in [0.25, 0.3) is 10.9 Å². The van der Waals surface area contributed by atoms with Crippen LogP contribution in [-0.4, -0.2) is 26.8 Å². The molecule has 0 saturated heterocycles. The first-order valence-electron chi connectivity index (χ1n) is 9.46. The summed E-state index contributed by atoms with van der Waals surface area (Å²) in [6, 6.07) is 6.74. The lowest BCUT2D eigenvalue weighted by molar-refractivity contribution is 0.0944. The van der Waals surface area contributed by atoms with Gasteiger partial charge < -0.3 is 27.5 Å². The fraction of sp³-hybridized carbons (Fsp3) is 0.0476. The molecule has 0 spiro atoms. The van der Waals surface area contributed by atoms with E-state index in [2.05, 4.69) is 20.3 Å². The highest BCUT2D eigenvalue weighted by Gasteiger charge is 2.17. The lowest BCUT2D eigenvalue weighted by Crippen LogP contribution is -2.25. The van der Waals surface area contributed by atoms with Gasteiger partial charge in [0.05, 0.1) is 11.8 Å². The SMILES string of the molecule is NC(=O)c1cc(N)ccc1Sc1cnc(N)c(C(=O)NCc2c[nH]c3cc(F)c(F)cc23)n1. The van der Waals surface area contributed by atoms with Crippen LogP contribution in [0.3, 0.4) is 0 Å². The molecule has 0 aliphatic rings. The topological polar surface area (TPSA) is 166 Å². The fourth-order valence-corrected chi connectivity index (χ4v) is 3.99. The Labute approximate surface area is 189 Å². The minimum absolute atomic E-state index is 0.00613. The van der Waals surface area contributed by atoms with Crippen LogP contribution in [-0.2, 0) is 6.54 Å². The summed E-state index contributed by atoms with van der Waals surface area (Å²) >= 11 is 1.06. The number of nitrogens with two attached hydrogens (primary N) is 3. The Balaban J connectivity index is 1.54. The van der Waals surface area contributed by atoms with E-state index in [1.54, 1.807) is 12.1 Å². The Hall–Kier alpha value is -4.19. The number of benzene rings is 2. The Bertz CT molecular complexity index is 1410. The molecule has 2 amide bonds. The van der Waals surface area contributed by atoms with Crippen LogP contribution in [0.4, 0.5) is 20.3 Å². The van der Waals surface area contributed by atoms with Gasteiger partial charge in [0.25, 0.3) is 5.91 Å². The van der Waals surface area contributed by atoms with Gasteiger partial charge in [-0.05, 0) is 29.8 Å². The molecule has 0 radical (unpaired) electrons.